The van der Waals surface area contributed by atoms with Gasteiger partial charge in [-0.25, -0.2) is 0 Å². The van der Waals surface area contributed by atoms with Gasteiger partial charge in [0, 0.05) is 23.7 Å². The van der Waals surface area contributed by atoms with Crippen LogP contribution >= 0.6 is 0 Å². The number of rotatable bonds is 3. The summed E-state index contributed by atoms with van der Waals surface area (Å²) < 4.78 is 0. The predicted octanol–water partition coefficient (Wildman–Crippen LogP) is 2.29. The molecule has 3 unspecified atom stereocenters. The molecule has 3 atom stereocenters. The van der Waals surface area contributed by atoms with Crippen LogP contribution in [-0.4, -0.2) is 22.8 Å². The minimum Gasteiger partial charge on any atom is -0.387 e. The van der Waals surface area contributed by atoms with E-state index in [2.05, 4.69) is 11.1 Å². The third-order valence-corrected chi connectivity index (χ3v) is 3.89. The number of nitro groups is 1. The monoisotopic (exact) mass is 251 g/mol. The van der Waals surface area contributed by atoms with Crippen molar-refractivity contribution >= 4 is 5.84 Å². The summed E-state index contributed by atoms with van der Waals surface area (Å²) in [6.45, 7) is 0. The molecule has 0 saturated carbocycles. The van der Waals surface area contributed by atoms with Crippen molar-refractivity contribution in [2.75, 3.05) is 0 Å². The maximum Gasteiger partial charge on any atom is 0.219 e. The van der Waals surface area contributed by atoms with Gasteiger partial charge in [0.1, 0.15) is 0 Å². The predicted molar refractivity (Wildman–Crippen MR) is 71.1 cm³/mol. The van der Waals surface area contributed by atoms with E-state index in [0.717, 1.165) is 44.4 Å². The molecule has 100 valence electrons. The molecule has 0 spiro atoms. The molecule has 1 aliphatic heterocycles. The van der Waals surface area contributed by atoms with Gasteiger partial charge in [-0.2, -0.15) is 0 Å². The van der Waals surface area contributed by atoms with Crippen molar-refractivity contribution in [3.05, 3.63) is 22.3 Å². The Balaban J connectivity index is 2.02. The summed E-state index contributed by atoms with van der Waals surface area (Å²) in [5.41, 5.74) is 5.82. The van der Waals surface area contributed by atoms with E-state index in [-0.39, 0.29) is 16.9 Å². The number of nitrogens with zero attached hydrogens (tertiary/aromatic N) is 2. The Morgan fingerprint density at radius 2 is 2.28 bits per heavy atom. The second-order valence-electron chi connectivity index (χ2n) is 5.28. The maximum absolute atomic E-state index is 11.0. The van der Waals surface area contributed by atoms with Gasteiger partial charge in [0.05, 0.1) is 11.9 Å². The van der Waals surface area contributed by atoms with Crippen LogP contribution in [0.25, 0.3) is 0 Å². The Labute approximate surface area is 107 Å². The first kappa shape index (κ1) is 13.1. The first-order valence-corrected chi connectivity index (χ1v) is 6.79. The summed E-state index contributed by atoms with van der Waals surface area (Å²) in [5.74, 6) is 0.739. The lowest BCUT2D eigenvalue weighted by atomic mass is 9.85. The van der Waals surface area contributed by atoms with Crippen molar-refractivity contribution in [1.29, 1.82) is 0 Å². The number of allylic oxidation sites excluding steroid dienone is 1. The highest BCUT2D eigenvalue weighted by atomic mass is 16.6. The van der Waals surface area contributed by atoms with Crippen LogP contribution in [0.4, 0.5) is 0 Å². The molecule has 0 saturated heterocycles. The molecule has 1 heterocycles. The smallest absolute Gasteiger partial charge is 0.219 e. The average Bonchev–Trinajstić information content (AvgIpc) is 2.54. The van der Waals surface area contributed by atoms with Crippen LogP contribution in [0, 0.1) is 16.0 Å². The van der Waals surface area contributed by atoms with Gasteiger partial charge in [0.2, 0.25) is 6.04 Å². The van der Waals surface area contributed by atoms with Crippen molar-refractivity contribution < 1.29 is 4.92 Å². The molecule has 0 aromatic carbocycles. The number of hydrogen-bond donors (Lipinski definition) is 1. The number of aliphatic imine (C=N–C) groups is 1. The Morgan fingerprint density at radius 3 is 3.06 bits per heavy atom. The van der Waals surface area contributed by atoms with Crippen molar-refractivity contribution in [1.82, 2.24) is 0 Å². The molecule has 5 nitrogen and oxygen atoms in total. The molecule has 0 radical (unpaired) electrons. The fourth-order valence-corrected chi connectivity index (χ4v) is 2.91. The van der Waals surface area contributed by atoms with Crippen LogP contribution in [0.3, 0.4) is 0 Å². The van der Waals surface area contributed by atoms with Gasteiger partial charge < -0.3 is 5.73 Å². The molecule has 18 heavy (non-hydrogen) atoms. The van der Waals surface area contributed by atoms with Crippen LogP contribution in [0.15, 0.2) is 17.1 Å². The molecule has 2 N–H and O–H groups in total. The van der Waals surface area contributed by atoms with E-state index >= 15 is 0 Å². The lowest BCUT2D eigenvalue weighted by Gasteiger charge is -2.23. The topological polar surface area (TPSA) is 81.5 Å². The normalized spacial score (nSPS) is 32.7. The van der Waals surface area contributed by atoms with E-state index in [9.17, 15) is 10.1 Å². The van der Waals surface area contributed by atoms with Gasteiger partial charge in [0.25, 0.3) is 0 Å². The minimum atomic E-state index is -0.435. The SMILES string of the molecule is NC1=NC(CC2C=CCCC2[N+](=O)[O-])CCCC1. The zero-order valence-corrected chi connectivity index (χ0v) is 10.6. The fraction of sp³-hybridized carbons (Fsp3) is 0.769. The molecule has 5 heteroatoms. The van der Waals surface area contributed by atoms with E-state index in [0.29, 0.717) is 6.42 Å². The van der Waals surface area contributed by atoms with Gasteiger partial charge >= 0.3 is 0 Å². The van der Waals surface area contributed by atoms with Crippen LogP contribution < -0.4 is 5.73 Å². The highest BCUT2D eigenvalue weighted by Crippen LogP contribution is 2.28. The zero-order chi connectivity index (χ0) is 13.0. The summed E-state index contributed by atoms with van der Waals surface area (Å²) in [6, 6.07) is -0.266. The molecular weight excluding hydrogens is 230 g/mol. The van der Waals surface area contributed by atoms with E-state index in [1.54, 1.807) is 0 Å². The lowest BCUT2D eigenvalue weighted by Crippen LogP contribution is -2.32. The minimum absolute atomic E-state index is 0.0217. The number of amidine groups is 1. The van der Waals surface area contributed by atoms with E-state index in [1.165, 1.54) is 0 Å². The van der Waals surface area contributed by atoms with E-state index < -0.39 is 6.04 Å². The third kappa shape index (κ3) is 3.31. The van der Waals surface area contributed by atoms with Gasteiger partial charge in [-0.05, 0) is 25.7 Å². The third-order valence-electron chi connectivity index (χ3n) is 3.89. The molecule has 0 aromatic rings. The first-order valence-electron chi connectivity index (χ1n) is 6.79. The molecule has 2 aliphatic rings. The number of nitrogens with two attached hydrogens (primary N) is 1. The number of hydrogen-bond acceptors (Lipinski definition) is 4. The summed E-state index contributed by atoms with van der Waals surface area (Å²) in [4.78, 5) is 15.4. The molecule has 0 fully saturated rings. The van der Waals surface area contributed by atoms with Gasteiger partial charge in [-0.1, -0.05) is 18.6 Å². The lowest BCUT2D eigenvalue weighted by molar-refractivity contribution is -0.531. The molecule has 2 rings (SSSR count). The second kappa shape index (κ2) is 5.98. The fourth-order valence-electron chi connectivity index (χ4n) is 2.91. The quantitative estimate of drug-likeness (QED) is 0.474. The van der Waals surface area contributed by atoms with E-state index in [1.807, 2.05) is 6.08 Å². The van der Waals surface area contributed by atoms with Gasteiger partial charge in [-0.3, -0.25) is 15.1 Å². The van der Waals surface area contributed by atoms with Crippen molar-refractivity contribution in [2.24, 2.45) is 16.6 Å². The van der Waals surface area contributed by atoms with Crippen molar-refractivity contribution in [3.63, 3.8) is 0 Å². The molecule has 1 aliphatic carbocycles. The van der Waals surface area contributed by atoms with Crippen LogP contribution in [0.1, 0.15) is 44.9 Å². The highest BCUT2D eigenvalue weighted by Gasteiger charge is 2.33. The summed E-state index contributed by atoms with van der Waals surface area (Å²) in [5, 5.41) is 11.0. The second-order valence-corrected chi connectivity index (χ2v) is 5.28. The Bertz CT molecular complexity index is 365. The molecule has 0 amide bonds. The van der Waals surface area contributed by atoms with E-state index in [4.69, 9.17) is 5.73 Å². The zero-order valence-electron chi connectivity index (χ0n) is 10.6. The summed E-state index contributed by atoms with van der Waals surface area (Å²) in [6.07, 6.45) is 10.4. The highest BCUT2D eigenvalue weighted by molar-refractivity contribution is 5.80. The largest absolute Gasteiger partial charge is 0.387 e. The first-order chi connectivity index (χ1) is 8.66. The summed E-state index contributed by atoms with van der Waals surface area (Å²) in [7, 11) is 0. The van der Waals surface area contributed by atoms with Crippen molar-refractivity contribution in [3.8, 4) is 0 Å². The van der Waals surface area contributed by atoms with Crippen molar-refractivity contribution in [2.45, 2.75) is 57.0 Å². The van der Waals surface area contributed by atoms with Crippen LogP contribution in [0.2, 0.25) is 0 Å². The Morgan fingerprint density at radius 1 is 1.44 bits per heavy atom. The van der Waals surface area contributed by atoms with Gasteiger partial charge in [-0.15, -0.1) is 0 Å². The van der Waals surface area contributed by atoms with Gasteiger partial charge in [0.15, 0.2) is 0 Å². The standard InChI is InChI=1S/C13H21N3O2/c14-13-8-4-2-6-11(15-13)9-10-5-1-3-7-12(10)16(17)18/h1,5,10-12H,2-4,6-9H2,(H2,14,15). The molecule has 0 bridgehead atoms. The maximum atomic E-state index is 11.0. The summed E-state index contributed by atoms with van der Waals surface area (Å²) >= 11 is 0. The van der Waals surface area contributed by atoms with Crippen LogP contribution in [-0.2, 0) is 0 Å². The Hall–Kier alpha value is -1.39. The molecular formula is C13H21N3O2. The molecule has 0 aromatic heterocycles. The van der Waals surface area contributed by atoms with Crippen LogP contribution in [0.5, 0.6) is 0 Å². The average molecular weight is 251 g/mol. The Kier molecular flexibility index (Phi) is 4.33.